The van der Waals surface area contributed by atoms with Crippen LogP contribution in [0.2, 0.25) is 5.15 Å². The Morgan fingerprint density at radius 1 is 1.06 bits per heavy atom. The molecule has 0 fully saturated rings. The summed E-state index contributed by atoms with van der Waals surface area (Å²) in [6.45, 7) is 0.342. The van der Waals surface area contributed by atoms with Crippen LogP contribution >= 0.6 is 11.6 Å². The number of alkyl halides is 3. The summed E-state index contributed by atoms with van der Waals surface area (Å²) in [7, 11) is 0. The van der Waals surface area contributed by atoms with E-state index in [1.54, 1.807) is 0 Å². The number of nitrogens with zero attached hydrogens (tertiary/aromatic N) is 3. The molecule has 2 heterocycles. The maximum atomic E-state index is 13.0. The van der Waals surface area contributed by atoms with E-state index in [1.807, 2.05) is 30.3 Å². The predicted molar refractivity (Wildman–Crippen MR) is 108 cm³/mol. The van der Waals surface area contributed by atoms with Gasteiger partial charge in [-0.3, -0.25) is 9.83 Å². The second kappa shape index (κ2) is 8.91. The van der Waals surface area contributed by atoms with Gasteiger partial charge in [0.15, 0.2) is 11.0 Å². The Labute approximate surface area is 180 Å². The first-order valence-electron chi connectivity index (χ1n) is 9.27. The summed E-state index contributed by atoms with van der Waals surface area (Å²) in [5.41, 5.74) is 3.27. The van der Waals surface area contributed by atoms with Gasteiger partial charge in [-0.25, -0.2) is 5.48 Å². The molecule has 3 aromatic rings. The molecule has 1 N–H and O–H groups in total. The maximum Gasteiger partial charge on any atom is 0.416 e. The van der Waals surface area contributed by atoms with Crippen molar-refractivity contribution in [3.05, 3.63) is 82.5 Å². The second-order valence-corrected chi connectivity index (χ2v) is 7.14. The molecule has 31 heavy (non-hydrogen) atoms. The number of rotatable bonds is 5. The molecular formula is C21H16ClF3N4O2. The van der Waals surface area contributed by atoms with Crippen LogP contribution in [-0.4, -0.2) is 28.7 Å². The topological polar surface area (TPSA) is 68.6 Å². The molecule has 0 spiro atoms. The summed E-state index contributed by atoms with van der Waals surface area (Å²) < 4.78 is 44.6. The highest BCUT2D eigenvalue weighted by Gasteiger charge is 2.31. The smallest absolute Gasteiger partial charge is 0.416 e. The number of hydroxylamine groups is 1. The van der Waals surface area contributed by atoms with Crippen molar-refractivity contribution in [2.45, 2.75) is 18.6 Å². The first-order valence-corrected chi connectivity index (χ1v) is 9.64. The lowest BCUT2D eigenvalue weighted by molar-refractivity contribution is -0.137. The second-order valence-electron chi connectivity index (χ2n) is 6.75. The monoisotopic (exact) mass is 448 g/mol. The number of nitrogens with one attached hydrogen (secondary N) is 1. The molecule has 0 amide bonds. The Balaban J connectivity index is 1.62. The van der Waals surface area contributed by atoms with Crippen molar-refractivity contribution in [1.29, 1.82) is 0 Å². The minimum absolute atomic E-state index is 0.0501. The lowest BCUT2D eigenvalue weighted by Gasteiger charge is -2.22. The van der Waals surface area contributed by atoms with Gasteiger partial charge >= 0.3 is 6.18 Å². The number of halogens is 4. The number of hydrogen-bond acceptors (Lipinski definition) is 6. The van der Waals surface area contributed by atoms with Crippen LogP contribution < -0.4 is 10.2 Å². The molecule has 0 saturated carbocycles. The summed E-state index contributed by atoms with van der Waals surface area (Å²) in [4.78, 5) is 10.1. The van der Waals surface area contributed by atoms with Crippen LogP contribution in [0.4, 0.5) is 13.2 Å². The van der Waals surface area contributed by atoms with E-state index in [1.165, 1.54) is 18.2 Å². The minimum atomic E-state index is -4.50. The maximum absolute atomic E-state index is 13.0. The van der Waals surface area contributed by atoms with Crippen molar-refractivity contribution in [1.82, 2.24) is 15.7 Å². The molecule has 1 atom stereocenters. The first-order chi connectivity index (χ1) is 14.9. The van der Waals surface area contributed by atoms with Gasteiger partial charge in [0.25, 0.3) is 0 Å². The van der Waals surface area contributed by atoms with Crippen LogP contribution in [0.25, 0.3) is 0 Å². The molecule has 10 heteroatoms. The molecule has 0 aliphatic carbocycles. The average Bonchev–Trinajstić information content (AvgIpc) is 2.75. The van der Waals surface area contributed by atoms with Crippen molar-refractivity contribution in [3.63, 3.8) is 0 Å². The molecule has 0 saturated heterocycles. The molecule has 160 valence electrons. The molecular weight excluding hydrogens is 433 g/mol. The summed E-state index contributed by atoms with van der Waals surface area (Å²) in [6.07, 6.45) is -3.86. The van der Waals surface area contributed by atoms with Gasteiger partial charge in [-0.2, -0.15) is 13.2 Å². The van der Waals surface area contributed by atoms with E-state index in [0.29, 0.717) is 24.4 Å². The number of aliphatic imine (C=N–C) groups is 1. The molecule has 6 nitrogen and oxygen atoms in total. The van der Waals surface area contributed by atoms with E-state index in [2.05, 4.69) is 20.7 Å². The van der Waals surface area contributed by atoms with Gasteiger partial charge in [-0.05, 0) is 36.2 Å². The molecule has 0 radical (unpaired) electrons. The lowest BCUT2D eigenvalue weighted by atomic mass is 10.1. The third kappa shape index (κ3) is 5.31. The van der Waals surface area contributed by atoms with Crippen LogP contribution in [0.3, 0.4) is 0 Å². The van der Waals surface area contributed by atoms with E-state index < -0.39 is 11.7 Å². The first kappa shape index (κ1) is 21.1. The third-order valence-corrected chi connectivity index (χ3v) is 4.62. The molecule has 1 aromatic heterocycles. The zero-order valence-electron chi connectivity index (χ0n) is 15.9. The fraction of sp³-hybridized carbons (Fsp3) is 0.190. The van der Waals surface area contributed by atoms with Crippen LogP contribution in [0.5, 0.6) is 11.6 Å². The highest BCUT2D eigenvalue weighted by molar-refractivity contribution is 6.29. The van der Waals surface area contributed by atoms with Crippen molar-refractivity contribution < 1.29 is 22.7 Å². The van der Waals surface area contributed by atoms with Gasteiger partial charge in [0.05, 0.1) is 23.8 Å². The predicted octanol–water partition coefficient (Wildman–Crippen LogP) is 4.83. The van der Waals surface area contributed by atoms with Crippen LogP contribution in [-0.2, 0) is 17.4 Å². The number of benzene rings is 2. The molecule has 0 bridgehead atoms. The standard InChI is InChI=1S/C21H16ClF3N4O2/c22-18-11-17(19-26-15(12-30-29-19)9-13-5-2-1-3-6-13)20(28-27-18)31-16-8-4-7-14(10-16)21(23,24)25/h1-8,10-11,15H,9,12H2,(H,26,29)/t15-/m0/s1. The Morgan fingerprint density at radius 3 is 2.65 bits per heavy atom. The van der Waals surface area contributed by atoms with Crippen molar-refractivity contribution in [2.75, 3.05) is 6.61 Å². The van der Waals surface area contributed by atoms with Crippen LogP contribution in [0, 0.1) is 0 Å². The Morgan fingerprint density at radius 2 is 1.87 bits per heavy atom. The SMILES string of the molecule is FC(F)(F)c1cccc(Oc2nnc(Cl)cc2C2=N[C@@H](Cc3ccccc3)CON2)c1. The Bertz CT molecular complexity index is 1090. The molecule has 1 aliphatic heterocycles. The highest BCUT2D eigenvalue weighted by Crippen LogP contribution is 2.33. The minimum Gasteiger partial charge on any atom is -0.437 e. The summed E-state index contributed by atoms with van der Waals surface area (Å²) in [5.74, 6) is 0.191. The Kier molecular flexibility index (Phi) is 6.06. The fourth-order valence-corrected chi connectivity index (χ4v) is 3.16. The Hall–Kier alpha value is -3.17. The zero-order chi connectivity index (χ0) is 21.8. The van der Waals surface area contributed by atoms with Crippen molar-refractivity contribution in [2.24, 2.45) is 4.99 Å². The van der Waals surface area contributed by atoms with Crippen molar-refractivity contribution >= 4 is 17.4 Å². The highest BCUT2D eigenvalue weighted by atomic mass is 35.5. The van der Waals surface area contributed by atoms with Gasteiger partial charge in [0.1, 0.15) is 5.75 Å². The zero-order valence-corrected chi connectivity index (χ0v) is 16.7. The van der Waals surface area contributed by atoms with Gasteiger partial charge < -0.3 is 4.74 Å². The van der Waals surface area contributed by atoms with E-state index in [9.17, 15) is 13.2 Å². The molecule has 0 unspecified atom stereocenters. The lowest BCUT2D eigenvalue weighted by Crippen LogP contribution is -2.37. The summed E-state index contributed by atoms with van der Waals surface area (Å²) in [6, 6.07) is 15.5. The molecule has 2 aromatic carbocycles. The van der Waals surface area contributed by atoms with E-state index in [0.717, 1.165) is 17.7 Å². The van der Waals surface area contributed by atoms with Crippen LogP contribution in [0.15, 0.2) is 65.7 Å². The van der Waals surface area contributed by atoms with Gasteiger partial charge in [0.2, 0.25) is 5.88 Å². The van der Waals surface area contributed by atoms with E-state index >= 15 is 0 Å². The molecule has 4 rings (SSSR count). The van der Waals surface area contributed by atoms with Gasteiger partial charge in [-0.1, -0.05) is 48.0 Å². The van der Waals surface area contributed by atoms with Crippen molar-refractivity contribution in [3.8, 4) is 11.6 Å². The average molecular weight is 449 g/mol. The van der Waals surface area contributed by atoms with Gasteiger partial charge in [0, 0.05) is 0 Å². The largest absolute Gasteiger partial charge is 0.437 e. The van der Waals surface area contributed by atoms with E-state index in [4.69, 9.17) is 21.2 Å². The molecule has 1 aliphatic rings. The number of aromatic nitrogens is 2. The summed E-state index contributed by atoms with van der Waals surface area (Å²) >= 11 is 5.99. The fourth-order valence-electron chi connectivity index (χ4n) is 3.02. The normalized spacial score (nSPS) is 16.4. The van der Waals surface area contributed by atoms with Crippen LogP contribution in [0.1, 0.15) is 16.7 Å². The number of hydrogen-bond donors (Lipinski definition) is 1. The number of ether oxygens (including phenoxy) is 1. The third-order valence-electron chi connectivity index (χ3n) is 4.43. The number of amidine groups is 1. The van der Waals surface area contributed by atoms with Gasteiger partial charge in [-0.15, -0.1) is 10.2 Å². The van der Waals surface area contributed by atoms with E-state index in [-0.39, 0.29) is 22.8 Å². The summed E-state index contributed by atoms with van der Waals surface area (Å²) in [5, 5.41) is 7.69. The quantitative estimate of drug-likeness (QED) is 0.605.